The van der Waals surface area contributed by atoms with E-state index in [9.17, 15) is 24.0 Å². The van der Waals surface area contributed by atoms with Gasteiger partial charge in [-0.2, -0.15) is 0 Å². The Morgan fingerprint density at radius 3 is 1.86 bits per heavy atom. The average Bonchev–Trinajstić information content (AvgIpc) is 3.67. The fourth-order valence-electron chi connectivity index (χ4n) is 4.77. The van der Waals surface area contributed by atoms with Gasteiger partial charge in [0.15, 0.2) is 24.0 Å². The zero-order valence-electron chi connectivity index (χ0n) is 22.7. The van der Waals surface area contributed by atoms with Crippen molar-refractivity contribution in [1.29, 1.82) is 0 Å². The zero-order chi connectivity index (χ0) is 30.6. The molecule has 6 rings (SSSR count). The summed E-state index contributed by atoms with van der Waals surface area (Å²) in [5.41, 5.74) is 0.428. The molecule has 0 amide bonds. The maximum absolute atomic E-state index is 13.3. The monoisotopic (exact) mass is 613 g/mol. The highest BCUT2D eigenvalue weighted by Crippen LogP contribution is 2.36. The van der Waals surface area contributed by atoms with Crippen molar-refractivity contribution in [3.05, 3.63) is 134 Å². The number of nitrogens with zero attached hydrogens (tertiary/aromatic N) is 2. The average molecular weight is 614 g/mol. The third kappa shape index (κ3) is 5.78. The molecule has 1 aliphatic heterocycles. The van der Waals surface area contributed by atoms with Crippen molar-refractivity contribution in [2.24, 2.45) is 0 Å². The number of carbonyl (C=O) groups excluding carboxylic acids is 3. The van der Waals surface area contributed by atoms with Gasteiger partial charge in [0.05, 0.1) is 22.2 Å². The second kappa shape index (κ2) is 12.5. The van der Waals surface area contributed by atoms with Crippen LogP contribution in [0.3, 0.4) is 0 Å². The molecule has 0 radical (unpaired) electrons. The number of aromatic nitrogens is 3. The molecule has 1 fully saturated rings. The lowest BCUT2D eigenvalue weighted by atomic mass is 10.1. The standard InChI is InChI=1S/C31H23N3O9S/c35-25-22-27(44-17-32-22)34(31(39)33-25)26-24(43-30(38)20-14-8-3-9-15-20)23(42-29(37)19-12-6-2-7-13-19)21(41-26)16-40-28(36)18-10-4-1-5-11-18/h1-15,17,21,23-24,26H,16H2,(H,33,35,39). The largest absolute Gasteiger partial charge is 0.459 e. The predicted octanol–water partition coefficient (Wildman–Crippen LogP) is 3.35. The second-order valence-corrected chi connectivity index (χ2v) is 10.5. The molecule has 4 unspecified atom stereocenters. The van der Waals surface area contributed by atoms with Crippen molar-refractivity contribution in [2.75, 3.05) is 6.61 Å². The fourth-order valence-corrected chi connectivity index (χ4v) is 5.59. The number of hydrogen-bond donors (Lipinski definition) is 1. The third-order valence-electron chi connectivity index (χ3n) is 6.86. The van der Waals surface area contributed by atoms with Crippen LogP contribution in [-0.4, -0.2) is 57.4 Å². The molecule has 1 aliphatic rings. The topological polar surface area (TPSA) is 156 Å². The minimum atomic E-state index is -1.43. The van der Waals surface area contributed by atoms with Crippen molar-refractivity contribution in [3.63, 3.8) is 0 Å². The molecule has 0 bridgehead atoms. The minimum absolute atomic E-state index is 0.0388. The molecule has 13 heteroatoms. The van der Waals surface area contributed by atoms with Crippen LogP contribution in [0.5, 0.6) is 0 Å². The Kier molecular flexibility index (Phi) is 8.12. The third-order valence-corrected chi connectivity index (χ3v) is 7.68. The molecular weight excluding hydrogens is 590 g/mol. The van der Waals surface area contributed by atoms with Crippen LogP contribution in [0.15, 0.2) is 106 Å². The molecule has 44 heavy (non-hydrogen) atoms. The lowest BCUT2D eigenvalue weighted by Gasteiger charge is -2.25. The number of nitrogens with one attached hydrogen (secondary N) is 1. The van der Waals surface area contributed by atoms with Crippen LogP contribution in [0.4, 0.5) is 0 Å². The van der Waals surface area contributed by atoms with E-state index in [-0.39, 0.29) is 27.0 Å². The van der Waals surface area contributed by atoms with E-state index >= 15 is 0 Å². The molecular formula is C31H23N3O9S. The predicted molar refractivity (Wildman–Crippen MR) is 156 cm³/mol. The molecule has 3 aromatic carbocycles. The summed E-state index contributed by atoms with van der Waals surface area (Å²) in [5, 5.41) is 0. The maximum atomic E-state index is 13.3. The number of hydrogen-bond acceptors (Lipinski definition) is 11. The lowest BCUT2D eigenvalue weighted by molar-refractivity contribution is -0.0618. The van der Waals surface area contributed by atoms with E-state index in [1.165, 1.54) is 17.6 Å². The Labute approximate surface area is 252 Å². The lowest BCUT2D eigenvalue weighted by Crippen LogP contribution is -2.43. The second-order valence-electron chi connectivity index (χ2n) is 9.64. The zero-order valence-corrected chi connectivity index (χ0v) is 23.5. The summed E-state index contributed by atoms with van der Waals surface area (Å²) in [7, 11) is 0. The van der Waals surface area contributed by atoms with Crippen LogP contribution in [-0.2, 0) is 18.9 Å². The van der Waals surface area contributed by atoms with Crippen LogP contribution in [0, 0.1) is 0 Å². The molecule has 3 heterocycles. The molecule has 2 aromatic heterocycles. The number of esters is 3. The number of carbonyl (C=O) groups is 3. The minimum Gasteiger partial charge on any atom is -0.459 e. The highest BCUT2D eigenvalue weighted by atomic mass is 32.1. The van der Waals surface area contributed by atoms with Gasteiger partial charge in [-0.25, -0.2) is 24.2 Å². The first-order chi connectivity index (χ1) is 21.4. The van der Waals surface area contributed by atoms with Crippen molar-refractivity contribution in [1.82, 2.24) is 14.5 Å². The van der Waals surface area contributed by atoms with Crippen molar-refractivity contribution in [3.8, 4) is 0 Å². The van der Waals surface area contributed by atoms with Crippen LogP contribution >= 0.6 is 11.3 Å². The van der Waals surface area contributed by atoms with E-state index in [0.717, 1.165) is 15.9 Å². The van der Waals surface area contributed by atoms with Gasteiger partial charge in [0.25, 0.3) is 5.56 Å². The van der Waals surface area contributed by atoms with Crippen LogP contribution in [0.1, 0.15) is 37.3 Å². The van der Waals surface area contributed by atoms with E-state index < -0.39 is 60.3 Å². The SMILES string of the molecule is O=C(OCC1OC(n2c(=O)[nH]c(=O)c3ncsc32)C(OC(=O)c2ccccc2)C1OC(=O)c1ccccc1)c1ccccc1. The number of thiazole rings is 1. The number of benzene rings is 3. The first kappa shape index (κ1) is 28.7. The highest BCUT2D eigenvalue weighted by molar-refractivity contribution is 7.16. The quantitative estimate of drug-likeness (QED) is 0.203. The number of aromatic amines is 1. The van der Waals surface area contributed by atoms with Gasteiger partial charge in [0.2, 0.25) is 0 Å². The summed E-state index contributed by atoms with van der Waals surface area (Å²) < 4.78 is 24.6. The Bertz CT molecular complexity index is 1920. The molecule has 0 aliphatic carbocycles. The van der Waals surface area contributed by atoms with E-state index in [0.29, 0.717) is 0 Å². The van der Waals surface area contributed by atoms with Crippen LogP contribution < -0.4 is 11.2 Å². The molecule has 222 valence electrons. The molecule has 1 saturated heterocycles. The molecule has 0 saturated carbocycles. The first-order valence-electron chi connectivity index (χ1n) is 13.4. The smallest absolute Gasteiger partial charge is 0.338 e. The number of fused-ring (bicyclic) bond motifs is 1. The molecule has 5 aromatic rings. The Morgan fingerprint density at radius 1 is 0.773 bits per heavy atom. The Morgan fingerprint density at radius 2 is 1.30 bits per heavy atom. The van der Waals surface area contributed by atoms with Crippen molar-refractivity contribution in [2.45, 2.75) is 24.5 Å². The van der Waals surface area contributed by atoms with Crippen LogP contribution in [0.25, 0.3) is 10.3 Å². The van der Waals surface area contributed by atoms with E-state index in [1.54, 1.807) is 78.9 Å². The molecule has 1 N–H and O–H groups in total. The van der Waals surface area contributed by atoms with E-state index in [2.05, 4.69) is 9.97 Å². The number of H-pyrrole nitrogens is 1. The van der Waals surface area contributed by atoms with Gasteiger partial charge in [-0.3, -0.25) is 14.3 Å². The number of ether oxygens (including phenoxy) is 4. The summed E-state index contributed by atoms with van der Waals surface area (Å²) >= 11 is 0.993. The summed E-state index contributed by atoms with van der Waals surface area (Å²) in [6.45, 7) is -0.430. The van der Waals surface area contributed by atoms with Crippen molar-refractivity contribution >= 4 is 39.6 Å². The van der Waals surface area contributed by atoms with Crippen LogP contribution in [0.2, 0.25) is 0 Å². The Balaban J connectivity index is 1.41. The van der Waals surface area contributed by atoms with Gasteiger partial charge in [0.1, 0.15) is 17.5 Å². The fraction of sp³-hybridized carbons (Fsp3) is 0.161. The van der Waals surface area contributed by atoms with Crippen molar-refractivity contribution < 1.29 is 33.3 Å². The molecule has 0 spiro atoms. The van der Waals surface area contributed by atoms with E-state index in [4.69, 9.17) is 18.9 Å². The van der Waals surface area contributed by atoms with Gasteiger partial charge in [0, 0.05) is 0 Å². The summed E-state index contributed by atoms with van der Waals surface area (Å²) in [5.74, 6) is -2.23. The van der Waals surface area contributed by atoms with E-state index in [1.807, 2.05) is 0 Å². The molecule has 12 nitrogen and oxygen atoms in total. The van der Waals surface area contributed by atoms with Gasteiger partial charge in [-0.05, 0) is 36.4 Å². The maximum Gasteiger partial charge on any atom is 0.338 e. The summed E-state index contributed by atoms with van der Waals surface area (Å²) in [4.78, 5) is 71.5. The normalized spacial score (nSPS) is 19.4. The molecule has 4 atom stereocenters. The number of rotatable bonds is 8. The van der Waals surface area contributed by atoms with Gasteiger partial charge in [-0.15, -0.1) is 11.3 Å². The van der Waals surface area contributed by atoms with Gasteiger partial charge < -0.3 is 18.9 Å². The first-order valence-corrected chi connectivity index (χ1v) is 14.3. The Hall–Kier alpha value is -5.40. The highest BCUT2D eigenvalue weighted by Gasteiger charge is 2.52. The summed E-state index contributed by atoms with van der Waals surface area (Å²) in [6.07, 6.45) is -5.39. The van der Waals surface area contributed by atoms with Gasteiger partial charge >= 0.3 is 23.6 Å². The van der Waals surface area contributed by atoms with Gasteiger partial charge in [-0.1, -0.05) is 54.6 Å². The summed E-state index contributed by atoms with van der Waals surface area (Å²) in [6, 6.07) is 24.4.